The number of carbonyl (C=O) groups excluding carboxylic acids is 2. The van der Waals surface area contributed by atoms with Crippen LogP contribution in [0.3, 0.4) is 0 Å². The summed E-state index contributed by atoms with van der Waals surface area (Å²) in [6.07, 6.45) is 2.68. The quantitative estimate of drug-likeness (QED) is 0.586. The molecule has 0 radical (unpaired) electrons. The van der Waals surface area contributed by atoms with E-state index in [1.165, 1.54) is 12.2 Å². The standard InChI is InChI=1S/C18H18BrNO4/c1-12(2)14-5-3-4-6-15(14)20-17(21)11-23-18(22)10-8-13-7-9-16(19)24-13/h3-10,12H,11H2,1-2H3,(H,20,21)/b10-8+. The molecule has 1 N–H and O–H groups in total. The molecule has 24 heavy (non-hydrogen) atoms. The van der Waals surface area contributed by atoms with Crippen molar-refractivity contribution in [2.45, 2.75) is 19.8 Å². The van der Waals surface area contributed by atoms with Crippen molar-refractivity contribution in [3.8, 4) is 0 Å². The molecule has 1 aromatic carbocycles. The summed E-state index contributed by atoms with van der Waals surface area (Å²) in [5.74, 6) is -0.214. The Hall–Kier alpha value is -2.34. The SMILES string of the molecule is CC(C)c1ccccc1NC(=O)COC(=O)/C=C/c1ccc(Br)o1. The van der Waals surface area contributed by atoms with E-state index in [0.717, 1.165) is 11.3 Å². The van der Waals surface area contributed by atoms with Gasteiger partial charge in [0, 0.05) is 11.8 Å². The van der Waals surface area contributed by atoms with Crippen molar-refractivity contribution >= 4 is 39.6 Å². The van der Waals surface area contributed by atoms with Crippen LogP contribution in [0.15, 0.2) is 51.6 Å². The van der Waals surface area contributed by atoms with Gasteiger partial charge in [0.05, 0.1) is 0 Å². The first-order valence-electron chi connectivity index (χ1n) is 7.44. The third kappa shape index (κ3) is 5.38. The van der Waals surface area contributed by atoms with Crippen LogP contribution in [0.4, 0.5) is 5.69 Å². The zero-order valence-electron chi connectivity index (χ0n) is 13.4. The highest BCUT2D eigenvalue weighted by atomic mass is 79.9. The molecule has 2 aromatic rings. The van der Waals surface area contributed by atoms with Crippen molar-refractivity contribution in [1.82, 2.24) is 0 Å². The molecule has 0 fully saturated rings. The monoisotopic (exact) mass is 391 g/mol. The molecular formula is C18H18BrNO4. The van der Waals surface area contributed by atoms with Gasteiger partial charge in [-0.05, 0) is 51.7 Å². The van der Waals surface area contributed by atoms with E-state index in [0.29, 0.717) is 10.4 Å². The van der Waals surface area contributed by atoms with Crippen LogP contribution in [0, 0.1) is 0 Å². The molecule has 0 atom stereocenters. The molecule has 0 aliphatic heterocycles. The predicted octanol–water partition coefficient (Wildman–Crippen LogP) is 4.36. The lowest BCUT2D eigenvalue weighted by Crippen LogP contribution is -2.21. The van der Waals surface area contributed by atoms with Gasteiger partial charge >= 0.3 is 5.97 Å². The highest BCUT2D eigenvalue weighted by Crippen LogP contribution is 2.23. The fourth-order valence-corrected chi connectivity index (χ4v) is 2.37. The number of hydrogen-bond donors (Lipinski definition) is 1. The van der Waals surface area contributed by atoms with Crippen molar-refractivity contribution in [2.75, 3.05) is 11.9 Å². The van der Waals surface area contributed by atoms with Gasteiger partial charge in [0.1, 0.15) is 5.76 Å². The fourth-order valence-electron chi connectivity index (χ4n) is 2.05. The van der Waals surface area contributed by atoms with Crippen molar-refractivity contribution < 1.29 is 18.7 Å². The largest absolute Gasteiger partial charge is 0.452 e. The summed E-state index contributed by atoms with van der Waals surface area (Å²) in [7, 11) is 0. The Morgan fingerprint density at radius 3 is 2.67 bits per heavy atom. The maximum atomic E-state index is 11.9. The van der Waals surface area contributed by atoms with E-state index >= 15 is 0 Å². The molecule has 1 aromatic heterocycles. The zero-order valence-corrected chi connectivity index (χ0v) is 15.0. The van der Waals surface area contributed by atoms with Crippen LogP contribution in [-0.2, 0) is 14.3 Å². The summed E-state index contributed by atoms with van der Waals surface area (Å²) < 4.78 is 10.7. The average Bonchev–Trinajstić information content (AvgIpc) is 2.97. The van der Waals surface area contributed by atoms with Crippen LogP contribution in [0.2, 0.25) is 0 Å². The fraction of sp³-hybridized carbons (Fsp3) is 0.222. The molecular weight excluding hydrogens is 374 g/mol. The number of hydrogen-bond acceptors (Lipinski definition) is 4. The minimum absolute atomic E-state index is 0.277. The second-order valence-electron chi connectivity index (χ2n) is 5.37. The van der Waals surface area contributed by atoms with Crippen LogP contribution < -0.4 is 5.32 Å². The lowest BCUT2D eigenvalue weighted by atomic mass is 10.0. The predicted molar refractivity (Wildman–Crippen MR) is 95.6 cm³/mol. The van der Waals surface area contributed by atoms with E-state index in [-0.39, 0.29) is 18.4 Å². The Kier molecular flexibility index (Phi) is 6.37. The Morgan fingerprint density at radius 1 is 1.25 bits per heavy atom. The molecule has 0 spiro atoms. The molecule has 0 saturated carbocycles. The third-order valence-electron chi connectivity index (χ3n) is 3.18. The van der Waals surface area contributed by atoms with Crippen LogP contribution in [-0.4, -0.2) is 18.5 Å². The van der Waals surface area contributed by atoms with Crippen LogP contribution in [0.5, 0.6) is 0 Å². The molecule has 0 saturated heterocycles. The smallest absolute Gasteiger partial charge is 0.331 e. The summed E-state index contributed by atoms with van der Waals surface area (Å²) in [4.78, 5) is 23.5. The number of rotatable bonds is 6. The minimum Gasteiger partial charge on any atom is -0.452 e. The highest BCUT2D eigenvalue weighted by Gasteiger charge is 2.10. The van der Waals surface area contributed by atoms with Crippen molar-refractivity contribution in [3.05, 3.63) is 58.5 Å². The van der Waals surface area contributed by atoms with E-state index < -0.39 is 5.97 Å². The maximum absolute atomic E-state index is 11.9. The normalized spacial score (nSPS) is 11.0. The number of para-hydroxylation sites is 1. The Bertz CT molecular complexity index is 749. The number of benzene rings is 1. The number of halogens is 1. The van der Waals surface area contributed by atoms with Crippen LogP contribution in [0.1, 0.15) is 31.1 Å². The second kappa shape index (κ2) is 8.49. The second-order valence-corrected chi connectivity index (χ2v) is 6.15. The van der Waals surface area contributed by atoms with E-state index in [1.807, 2.05) is 38.1 Å². The highest BCUT2D eigenvalue weighted by molar-refractivity contribution is 9.10. The topological polar surface area (TPSA) is 68.5 Å². The van der Waals surface area contributed by atoms with E-state index in [2.05, 4.69) is 21.2 Å². The van der Waals surface area contributed by atoms with Gasteiger partial charge in [0.25, 0.3) is 5.91 Å². The third-order valence-corrected chi connectivity index (χ3v) is 3.61. The van der Waals surface area contributed by atoms with Crippen molar-refractivity contribution in [3.63, 3.8) is 0 Å². The number of amides is 1. The van der Waals surface area contributed by atoms with E-state index in [1.54, 1.807) is 12.1 Å². The Balaban J connectivity index is 1.85. The molecule has 6 heteroatoms. The van der Waals surface area contributed by atoms with E-state index in [9.17, 15) is 9.59 Å². The molecule has 2 rings (SSSR count). The van der Waals surface area contributed by atoms with Gasteiger partial charge in [0.2, 0.25) is 0 Å². The maximum Gasteiger partial charge on any atom is 0.331 e. The van der Waals surface area contributed by atoms with E-state index in [4.69, 9.17) is 9.15 Å². The van der Waals surface area contributed by atoms with Gasteiger partial charge in [0.15, 0.2) is 11.3 Å². The van der Waals surface area contributed by atoms with Gasteiger partial charge in [-0.15, -0.1) is 0 Å². The number of ether oxygens (including phenoxy) is 1. The minimum atomic E-state index is -0.616. The molecule has 0 bridgehead atoms. The van der Waals surface area contributed by atoms with Gasteiger partial charge in [-0.1, -0.05) is 32.0 Å². The number of furan rings is 1. The number of nitrogens with one attached hydrogen (secondary N) is 1. The zero-order chi connectivity index (χ0) is 17.5. The first-order valence-corrected chi connectivity index (χ1v) is 8.24. The molecule has 0 unspecified atom stereocenters. The summed E-state index contributed by atoms with van der Waals surface area (Å²) in [5.41, 5.74) is 1.75. The number of esters is 1. The summed E-state index contributed by atoms with van der Waals surface area (Å²) in [5, 5.41) is 2.76. The molecule has 0 aliphatic rings. The molecule has 1 heterocycles. The van der Waals surface area contributed by atoms with Gasteiger partial charge in [-0.2, -0.15) is 0 Å². The van der Waals surface area contributed by atoms with Crippen LogP contribution >= 0.6 is 15.9 Å². The number of anilines is 1. The first-order chi connectivity index (χ1) is 11.5. The van der Waals surface area contributed by atoms with Crippen LogP contribution in [0.25, 0.3) is 6.08 Å². The summed E-state index contributed by atoms with van der Waals surface area (Å²) >= 11 is 3.17. The first kappa shape index (κ1) is 18.0. The molecule has 1 amide bonds. The van der Waals surface area contributed by atoms with Gasteiger partial charge in [-0.25, -0.2) is 4.79 Å². The average molecular weight is 392 g/mol. The lowest BCUT2D eigenvalue weighted by Gasteiger charge is -2.13. The number of carbonyl (C=O) groups is 2. The summed E-state index contributed by atoms with van der Waals surface area (Å²) in [6, 6.07) is 11.0. The lowest BCUT2D eigenvalue weighted by molar-refractivity contribution is -0.142. The molecule has 126 valence electrons. The van der Waals surface area contributed by atoms with Gasteiger partial charge in [-0.3, -0.25) is 4.79 Å². The van der Waals surface area contributed by atoms with Crippen molar-refractivity contribution in [2.24, 2.45) is 0 Å². The Morgan fingerprint density at radius 2 is 2.00 bits per heavy atom. The Labute approximate surface area is 148 Å². The molecule has 5 nitrogen and oxygen atoms in total. The van der Waals surface area contributed by atoms with Crippen molar-refractivity contribution in [1.29, 1.82) is 0 Å². The summed E-state index contributed by atoms with van der Waals surface area (Å²) in [6.45, 7) is 3.74. The molecule has 0 aliphatic carbocycles. The van der Waals surface area contributed by atoms with Gasteiger partial charge < -0.3 is 14.5 Å².